The van der Waals surface area contributed by atoms with Gasteiger partial charge in [0.25, 0.3) is 0 Å². The van der Waals surface area contributed by atoms with Crippen LogP contribution in [-0.4, -0.2) is 30.9 Å². The van der Waals surface area contributed by atoms with Crippen LogP contribution in [0.4, 0.5) is 4.39 Å². The van der Waals surface area contributed by atoms with Crippen LogP contribution in [0.25, 0.3) is 0 Å². The zero-order valence-electron chi connectivity index (χ0n) is 13.4. The second-order valence-electron chi connectivity index (χ2n) is 5.53. The Morgan fingerprint density at radius 2 is 1.91 bits per heavy atom. The molecule has 0 radical (unpaired) electrons. The van der Waals surface area contributed by atoms with Crippen LogP contribution in [0.15, 0.2) is 18.2 Å². The lowest BCUT2D eigenvalue weighted by atomic mass is 10.0. The van der Waals surface area contributed by atoms with Gasteiger partial charge in [0.1, 0.15) is 5.82 Å². The second kappa shape index (κ2) is 10.8. The molecular weight excluding hydrogens is 328 g/mol. The summed E-state index contributed by atoms with van der Waals surface area (Å²) in [6, 6.07) is 4.72. The number of hydrogen-bond donors (Lipinski definition) is 2. The van der Waals surface area contributed by atoms with Crippen molar-refractivity contribution in [2.45, 2.75) is 33.0 Å². The Balaban J connectivity index is 0. The van der Waals surface area contributed by atoms with E-state index in [4.69, 9.17) is 5.73 Å². The molecule has 0 saturated carbocycles. The third-order valence-corrected chi connectivity index (χ3v) is 3.27. The van der Waals surface area contributed by atoms with Gasteiger partial charge in [0.15, 0.2) is 0 Å². The lowest BCUT2D eigenvalue weighted by Crippen LogP contribution is -2.38. The number of benzene rings is 1. The number of rotatable bonds is 6. The second-order valence-corrected chi connectivity index (χ2v) is 5.53. The third kappa shape index (κ3) is 7.40. The lowest BCUT2D eigenvalue weighted by Gasteiger charge is -2.16. The first kappa shape index (κ1) is 23.4. The summed E-state index contributed by atoms with van der Waals surface area (Å²) in [5.74, 6) is -0.548. The molecule has 128 valence electrons. The van der Waals surface area contributed by atoms with E-state index in [9.17, 15) is 9.18 Å². The molecule has 0 fully saturated rings. The van der Waals surface area contributed by atoms with E-state index in [1.807, 2.05) is 19.0 Å². The number of nitrogens with zero attached hydrogens (tertiary/aromatic N) is 1. The van der Waals surface area contributed by atoms with Crippen LogP contribution in [0, 0.1) is 11.7 Å². The number of carbonyl (C=O) groups excluding carboxylic acids is 1. The highest BCUT2D eigenvalue weighted by Crippen LogP contribution is 2.12. The van der Waals surface area contributed by atoms with Crippen LogP contribution < -0.4 is 11.1 Å². The molecule has 3 N–H and O–H groups in total. The van der Waals surface area contributed by atoms with E-state index in [-0.39, 0.29) is 48.5 Å². The molecule has 4 nitrogen and oxygen atoms in total. The van der Waals surface area contributed by atoms with Crippen LogP contribution in [0.2, 0.25) is 0 Å². The van der Waals surface area contributed by atoms with Gasteiger partial charge in [-0.05, 0) is 38.7 Å². The molecule has 2 unspecified atom stereocenters. The van der Waals surface area contributed by atoms with Crippen molar-refractivity contribution in [3.63, 3.8) is 0 Å². The number of nitrogens with two attached hydrogens (primary N) is 1. The summed E-state index contributed by atoms with van der Waals surface area (Å²) < 4.78 is 13.6. The molecule has 0 aromatic heterocycles. The topological polar surface area (TPSA) is 58.4 Å². The molecule has 0 aliphatic heterocycles. The molecule has 0 heterocycles. The fourth-order valence-corrected chi connectivity index (χ4v) is 1.79. The van der Waals surface area contributed by atoms with Crippen molar-refractivity contribution >= 4 is 30.7 Å². The number of carbonyl (C=O) groups is 1. The number of halogens is 3. The van der Waals surface area contributed by atoms with Crippen molar-refractivity contribution in [3.8, 4) is 0 Å². The summed E-state index contributed by atoms with van der Waals surface area (Å²) in [6.45, 7) is 4.51. The van der Waals surface area contributed by atoms with Crippen LogP contribution in [0.3, 0.4) is 0 Å². The molecule has 2 atom stereocenters. The molecule has 1 amide bonds. The normalized spacial score (nSPS) is 12.9. The maximum absolute atomic E-state index is 13.6. The van der Waals surface area contributed by atoms with Crippen molar-refractivity contribution in [3.05, 3.63) is 35.1 Å². The zero-order valence-corrected chi connectivity index (χ0v) is 15.1. The van der Waals surface area contributed by atoms with E-state index in [1.54, 1.807) is 26.0 Å². The summed E-state index contributed by atoms with van der Waals surface area (Å²) in [6.07, 6.45) is 0. The third-order valence-electron chi connectivity index (χ3n) is 3.27. The number of amides is 1. The monoisotopic (exact) mass is 353 g/mol. The molecule has 22 heavy (non-hydrogen) atoms. The van der Waals surface area contributed by atoms with Gasteiger partial charge < -0.3 is 16.0 Å². The summed E-state index contributed by atoms with van der Waals surface area (Å²) >= 11 is 0. The molecule has 7 heteroatoms. The van der Waals surface area contributed by atoms with Crippen LogP contribution in [0.5, 0.6) is 0 Å². The lowest BCUT2D eigenvalue weighted by molar-refractivity contribution is -0.125. The summed E-state index contributed by atoms with van der Waals surface area (Å²) in [5, 5.41) is 2.83. The average Bonchev–Trinajstić information content (AvgIpc) is 2.37. The minimum absolute atomic E-state index is 0. The smallest absolute Gasteiger partial charge is 0.224 e. The van der Waals surface area contributed by atoms with E-state index in [1.165, 1.54) is 6.07 Å². The first-order chi connectivity index (χ1) is 9.31. The van der Waals surface area contributed by atoms with E-state index in [2.05, 4.69) is 5.32 Å². The van der Waals surface area contributed by atoms with Crippen molar-refractivity contribution in [2.24, 2.45) is 11.7 Å². The SMILES string of the molecule is CC(N)C(C)C(=O)NCc1ccc(F)c(CN(C)C)c1.Cl.Cl. The minimum Gasteiger partial charge on any atom is -0.352 e. The molecular formula is C15H26Cl2FN3O. The van der Waals surface area contributed by atoms with E-state index >= 15 is 0 Å². The van der Waals surface area contributed by atoms with E-state index < -0.39 is 0 Å². The van der Waals surface area contributed by atoms with Crippen molar-refractivity contribution in [1.82, 2.24) is 10.2 Å². The van der Waals surface area contributed by atoms with Crippen LogP contribution >= 0.6 is 24.8 Å². The van der Waals surface area contributed by atoms with Crippen molar-refractivity contribution in [2.75, 3.05) is 14.1 Å². The van der Waals surface area contributed by atoms with Gasteiger partial charge >= 0.3 is 0 Å². The summed E-state index contributed by atoms with van der Waals surface area (Å²) in [5.41, 5.74) is 7.20. The minimum atomic E-state index is -0.239. The van der Waals surface area contributed by atoms with Gasteiger partial charge in [-0.15, -0.1) is 24.8 Å². The Hall–Kier alpha value is -0.880. The molecule has 1 aromatic rings. The molecule has 0 aliphatic carbocycles. The molecule has 0 spiro atoms. The maximum Gasteiger partial charge on any atom is 0.224 e. The fourth-order valence-electron chi connectivity index (χ4n) is 1.79. The van der Waals surface area contributed by atoms with Crippen LogP contribution in [0.1, 0.15) is 25.0 Å². The van der Waals surface area contributed by atoms with Gasteiger partial charge in [0.2, 0.25) is 5.91 Å². The maximum atomic E-state index is 13.6. The first-order valence-electron chi connectivity index (χ1n) is 6.76. The average molecular weight is 354 g/mol. The summed E-state index contributed by atoms with van der Waals surface area (Å²) in [4.78, 5) is 13.7. The standard InChI is InChI=1S/C15H24FN3O.2ClH/c1-10(11(2)17)15(20)18-8-12-5-6-14(16)13(7-12)9-19(3)4;;/h5-7,10-11H,8-9,17H2,1-4H3,(H,18,20);2*1H. The summed E-state index contributed by atoms with van der Waals surface area (Å²) in [7, 11) is 3.77. The van der Waals surface area contributed by atoms with Gasteiger partial charge in [0, 0.05) is 30.6 Å². The van der Waals surface area contributed by atoms with Gasteiger partial charge in [0.05, 0.1) is 0 Å². The molecule has 0 bridgehead atoms. The van der Waals surface area contributed by atoms with E-state index in [0.717, 1.165) is 5.56 Å². The van der Waals surface area contributed by atoms with Crippen LogP contribution in [-0.2, 0) is 17.9 Å². The molecule has 0 saturated heterocycles. The van der Waals surface area contributed by atoms with Gasteiger partial charge in [-0.2, -0.15) is 0 Å². The predicted octanol–water partition coefficient (Wildman–Crippen LogP) is 2.33. The van der Waals surface area contributed by atoms with Gasteiger partial charge in [-0.1, -0.05) is 13.0 Å². The van der Waals surface area contributed by atoms with Crippen molar-refractivity contribution in [1.29, 1.82) is 0 Å². The molecule has 1 aromatic carbocycles. The Kier molecular flexibility index (Phi) is 11.5. The highest BCUT2D eigenvalue weighted by Gasteiger charge is 2.16. The number of hydrogen-bond acceptors (Lipinski definition) is 3. The first-order valence-corrected chi connectivity index (χ1v) is 6.76. The zero-order chi connectivity index (χ0) is 15.3. The number of nitrogens with one attached hydrogen (secondary N) is 1. The van der Waals surface area contributed by atoms with Crippen molar-refractivity contribution < 1.29 is 9.18 Å². The molecule has 1 rings (SSSR count). The Morgan fingerprint density at radius 1 is 1.32 bits per heavy atom. The Morgan fingerprint density at radius 3 is 2.41 bits per heavy atom. The fraction of sp³-hybridized carbons (Fsp3) is 0.533. The Labute approximate surface area is 144 Å². The quantitative estimate of drug-likeness (QED) is 0.824. The van der Waals surface area contributed by atoms with Gasteiger partial charge in [-0.25, -0.2) is 4.39 Å². The van der Waals surface area contributed by atoms with Gasteiger partial charge in [-0.3, -0.25) is 4.79 Å². The van der Waals surface area contributed by atoms with E-state index in [0.29, 0.717) is 18.7 Å². The largest absolute Gasteiger partial charge is 0.352 e. The highest BCUT2D eigenvalue weighted by molar-refractivity contribution is 5.85. The Bertz CT molecular complexity index is 470. The highest BCUT2D eigenvalue weighted by atomic mass is 35.5. The predicted molar refractivity (Wildman–Crippen MR) is 92.9 cm³/mol. The molecule has 0 aliphatic rings.